The Balaban J connectivity index is 2.01. The van der Waals surface area contributed by atoms with Crippen LogP contribution in [0, 0.1) is 10.8 Å². The summed E-state index contributed by atoms with van der Waals surface area (Å²) in [6.07, 6.45) is 6.39. The van der Waals surface area contributed by atoms with Gasteiger partial charge in [-0.2, -0.15) is 0 Å². The molecule has 0 aromatic heterocycles. The number of likely N-dealkylation sites (tertiary alicyclic amines) is 1. The summed E-state index contributed by atoms with van der Waals surface area (Å²) in [5, 5.41) is 9.53. The van der Waals surface area contributed by atoms with Gasteiger partial charge < -0.3 is 5.11 Å². The molecule has 0 aromatic carbocycles. The maximum absolute atomic E-state index is 11.6. The second-order valence-corrected chi connectivity index (χ2v) is 7.12. The lowest BCUT2D eigenvalue weighted by molar-refractivity contribution is -0.148. The zero-order chi connectivity index (χ0) is 13.4. The topological polar surface area (TPSA) is 40.5 Å². The van der Waals surface area contributed by atoms with Gasteiger partial charge >= 0.3 is 5.97 Å². The molecule has 0 aromatic rings. The number of hydrogen-bond donors (Lipinski definition) is 1. The third-order valence-electron chi connectivity index (χ3n) is 5.02. The summed E-state index contributed by atoms with van der Waals surface area (Å²) in [5.74, 6) is -0.580. The van der Waals surface area contributed by atoms with Crippen LogP contribution in [0.3, 0.4) is 0 Å². The molecule has 0 spiro atoms. The molecule has 1 saturated heterocycles. The Morgan fingerprint density at radius 1 is 1.39 bits per heavy atom. The minimum Gasteiger partial charge on any atom is -0.481 e. The highest BCUT2D eigenvalue weighted by atomic mass is 16.4. The first-order valence-corrected chi connectivity index (χ1v) is 7.36. The average molecular weight is 253 g/mol. The van der Waals surface area contributed by atoms with E-state index >= 15 is 0 Å². The molecule has 1 aliphatic heterocycles. The van der Waals surface area contributed by atoms with Gasteiger partial charge in [0.25, 0.3) is 0 Å². The summed E-state index contributed by atoms with van der Waals surface area (Å²) >= 11 is 0. The first-order chi connectivity index (χ1) is 8.38. The lowest BCUT2D eigenvalue weighted by atomic mass is 9.82. The minimum atomic E-state index is -0.580. The lowest BCUT2D eigenvalue weighted by Gasteiger charge is -2.28. The lowest BCUT2D eigenvalue weighted by Crippen LogP contribution is -2.38. The summed E-state index contributed by atoms with van der Waals surface area (Å²) in [5.41, 5.74) is -0.00855. The van der Waals surface area contributed by atoms with E-state index in [1.54, 1.807) is 0 Å². The van der Waals surface area contributed by atoms with Crippen LogP contribution in [0.5, 0.6) is 0 Å². The Kier molecular flexibility index (Phi) is 3.72. The third-order valence-corrected chi connectivity index (χ3v) is 5.02. The van der Waals surface area contributed by atoms with E-state index in [-0.39, 0.29) is 0 Å². The van der Waals surface area contributed by atoms with E-state index in [0.29, 0.717) is 11.5 Å². The van der Waals surface area contributed by atoms with E-state index in [1.165, 1.54) is 19.3 Å². The number of rotatable bonds is 4. The van der Waals surface area contributed by atoms with Crippen LogP contribution in [-0.2, 0) is 4.79 Å². The zero-order valence-corrected chi connectivity index (χ0v) is 12.0. The van der Waals surface area contributed by atoms with Crippen LogP contribution in [0.15, 0.2) is 0 Å². The Morgan fingerprint density at radius 2 is 2.11 bits per heavy atom. The van der Waals surface area contributed by atoms with Crippen LogP contribution in [0.4, 0.5) is 0 Å². The monoisotopic (exact) mass is 253 g/mol. The number of nitrogens with zero attached hydrogens (tertiary/aromatic N) is 1. The first-order valence-electron chi connectivity index (χ1n) is 7.36. The maximum atomic E-state index is 11.6. The Morgan fingerprint density at radius 3 is 2.61 bits per heavy atom. The molecular formula is C15H27NO2. The van der Waals surface area contributed by atoms with Gasteiger partial charge in [-0.15, -0.1) is 0 Å². The fraction of sp³-hybridized carbons (Fsp3) is 0.933. The highest BCUT2D eigenvalue weighted by Gasteiger charge is 2.47. The minimum absolute atomic E-state index is 0.448. The van der Waals surface area contributed by atoms with Crippen LogP contribution < -0.4 is 0 Å². The first kappa shape index (κ1) is 13.9. The largest absolute Gasteiger partial charge is 0.481 e. The van der Waals surface area contributed by atoms with Gasteiger partial charge in [0.2, 0.25) is 0 Å². The van der Waals surface area contributed by atoms with Crippen molar-refractivity contribution in [2.45, 2.75) is 65.3 Å². The summed E-state index contributed by atoms with van der Waals surface area (Å²) in [6.45, 7) is 8.51. The summed E-state index contributed by atoms with van der Waals surface area (Å²) in [4.78, 5) is 14.0. The summed E-state index contributed by atoms with van der Waals surface area (Å²) in [6, 6.07) is 0.623. The van der Waals surface area contributed by atoms with Crippen LogP contribution in [0.1, 0.15) is 59.3 Å². The van der Waals surface area contributed by atoms with Crippen molar-refractivity contribution in [3.8, 4) is 0 Å². The van der Waals surface area contributed by atoms with Crippen molar-refractivity contribution in [1.82, 2.24) is 4.90 Å². The molecule has 2 rings (SSSR count). The standard InChI is InChI=1S/C15H27NO2/c1-4-6-15(13(17)18)8-9-16(11-15)12-5-7-14(2,3)10-12/h12H,4-11H2,1-3H3,(H,17,18). The Bertz CT molecular complexity index is 326. The predicted octanol–water partition coefficient (Wildman–Crippen LogP) is 3.14. The summed E-state index contributed by atoms with van der Waals surface area (Å²) in [7, 11) is 0. The van der Waals surface area contributed by atoms with Gasteiger partial charge in [-0.3, -0.25) is 9.69 Å². The number of hydrogen-bond acceptors (Lipinski definition) is 2. The normalized spacial score (nSPS) is 36.1. The molecule has 0 bridgehead atoms. The van der Waals surface area contributed by atoms with Gasteiger partial charge in [-0.05, 0) is 44.1 Å². The summed E-state index contributed by atoms with van der Waals surface area (Å²) < 4.78 is 0. The molecule has 3 heteroatoms. The van der Waals surface area contributed by atoms with Gasteiger partial charge in [0.1, 0.15) is 0 Å². The molecule has 1 N–H and O–H groups in total. The fourth-order valence-electron chi connectivity index (χ4n) is 3.89. The molecule has 1 saturated carbocycles. The molecule has 0 radical (unpaired) electrons. The van der Waals surface area contributed by atoms with Crippen molar-refractivity contribution < 1.29 is 9.90 Å². The van der Waals surface area contributed by atoms with E-state index < -0.39 is 11.4 Å². The van der Waals surface area contributed by atoms with Gasteiger partial charge in [-0.25, -0.2) is 0 Å². The average Bonchev–Trinajstić information content (AvgIpc) is 2.83. The van der Waals surface area contributed by atoms with Gasteiger partial charge in [0, 0.05) is 12.6 Å². The van der Waals surface area contributed by atoms with Crippen LogP contribution in [-0.4, -0.2) is 35.1 Å². The van der Waals surface area contributed by atoms with Crippen molar-refractivity contribution in [2.75, 3.05) is 13.1 Å². The maximum Gasteiger partial charge on any atom is 0.310 e. The second-order valence-electron chi connectivity index (χ2n) is 7.12. The Labute approximate surface area is 111 Å². The third kappa shape index (κ3) is 2.56. The molecular weight excluding hydrogens is 226 g/mol. The molecule has 18 heavy (non-hydrogen) atoms. The molecule has 3 nitrogen and oxygen atoms in total. The number of aliphatic carboxylic acids is 1. The van der Waals surface area contributed by atoms with Crippen molar-refractivity contribution >= 4 is 5.97 Å². The van der Waals surface area contributed by atoms with E-state index in [0.717, 1.165) is 32.4 Å². The van der Waals surface area contributed by atoms with Crippen molar-refractivity contribution in [1.29, 1.82) is 0 Å². The van der Waals surface area contributed by atoms with Crippen LogP contribution >= 0.6 is 0 Å². The van der Waals surface area contributed by atoms with E-state index in [1.807, 2.05) is 0 Å². The highest BCUT2D eigenvalue weighted by Crippen LogP contribution is 2.44. The molecule has 104 valence electrons. The zero-order valence-electron chi connectivity index (χ0n) is 12.0. The quantitative estimate of drug-likeness (QED) is 0.836. The van der Waals surface area contributed by atoms with E-state index in [2.05, 4.69) is 25.7 Å². The number of carbonyl (C=O) groups is 1. The van der Waals surface area contributed by atoms with Crippen LogP contribution in [0.2, 0.25) is 0 Å². The number of carboxylic acid groups (broad SMARTS) is 1. The molecule has 1 heterocycles. The molecule has 1 aliphatic carbocycles. The second kappa shape index (κ2) is 4.84. The molecule has 2 atom stereocenters. The van der Waals surface area contributed by atoms with Gasteiger partial charge in [0.05, 0.1) is 5.41 Å². The van der Waals surface area contributed by atoms with Gasteiger partial charge in [0.15, 0.2) is 0 Å². The number of carboxylic acids is 1. The van der Waals surface area contributed by atoms with Crippen LogP contribution in [0.25, 0.3) is 0 Å². The SMILES string of the molecule is CCCC1(C(=O)O)CCN(C2CCC(C)(C)C2)C1. The predicted molar refractivity (Wildman–Crippen MR) is 72.6 cm³/mol. The van der Waals surface area contributed by atoms with E-state index in [9.17, 15) is 9.90 Å². The molecule has 2 unspecified atom stereocenters. The highest BCUT2D eigenvalue weighted by molar-refractivity contribution is 5.75. The Hall–Kier alpha value is -0.570. The molecule has 2 fully saturated rings. The van der Waals surface area contributed by atoms with Crippen molar-refractivity contribution in [2.24, 2.45) is 10.8 Å². The van der Waals surface area contributed by atoms with Crippen molar-refractivity contribution in [3.63, 3.8) is 0 Å². The fourth-order valence-corrected chi connectivity index (χ4v) is 3.89. The van der Waals surface area contributed by atoms with Gasteiger partial charge in [-0.1, -0.05) is 27.2 Å². The van der Waals surface area contributed by atoms with Crippen molar-refractivity contribution in [3.05, 3.63) is 0 Å². The molecule has 2 aliphatic rings. The smallest absolute Gasteiger partial charge is 0.310 e. The molecule has 0 amide bonds. The van der Waals surface area contributed by atoms with E-state index in [4.69, 9.17) is 0 Å².